The lowest BCUT2D eigenvalue weighted by Crippen LogP contribution is -2.44. The van der Waals surface area contributed by atoms with E-state index in [1.54, 1.807) is 0 Å². The van der Waals surface area contributed by atoms with E-state index in [1.807, 2.05) is 30.3 Å². The number of likely N-dealkylation sites (tertiary alicyclic amines) is 1. The maximum Gasteiger partial charge on any atom is 0.229 e. The molecule has 1 atom stereocenters. The fourth-order valence-electron chi connectivity index (χ4n) is 3.36. The molecular formula is C17H22N2O4S. The number of carbonyl (C=O) groups is 2. The first kappa shape index (κ1) is 17.1. The molecule has 0 bridgehead atoms. The lowest BCUT2D eigenvalue weighted by molar-refractivity contribution is -0.147. The average Bonchev–Trinajstić information content (AvgIpc) is 3.06. The van der Waals surface area contributed by atoms with Crippen LogP contribution in [0.3, 0.4) is 0 Å². The summed E-state index contributed by atoms with van der Waals surface area (Å²) in [4.78, 5) is 24.7. The first-order chi connectivity index (χ1) is 11.5. The van der Waals surface area contributed by atoms with E-state index < -0.39 is 10.0 Å². The van der Waals surface area contributed by atoms with Crippen molar-refractivity contribution in [1.29, 1.82) is 0 Å². The van der Waals surface area contributed by atoms with Crippen LogP contribution < -0.4 is 0 Å². The van der Waals surface area contributed by atoms with Gasteiger partial charge in [-0.3, -0.25) is 14.5 Å². The lowest BCUT2D eigenvalue weighted by atomic mass is 9.99. The van der Waals surface area contributed by atoms with Gasteiger partial charge in [0.25, 0.3) is 0 Å². The van der Waals surface area contributed by atoms with E-state index in [0.717, 1.165) is 16.9 Å². The molecule has 7 heteroatoms. The zero-order valence-corrected chi connectivity index (χ0v) is 14.4. The van der Waals surface area contributed by atoms with Crippen LogP contribution in [-0.2, 0) is 19.6 Å². The molecule has 2 heterocycles. The van der Waals surface area contributed by atoms with Gasteiger partial charge in [0.2, 0.25) is 21.8 Å². The fourth-order valence-corrected chi connectivity index (χ4v) is 4.83. The van der Waals surface area contributed by atoms with Crippen LogP contribution in [0.1, 0.15) is 37.2 Å². The number of nitrogens with zero attached hydrogens (tertiary/aromatic N) is 2. The molecule has 130 valence electrons. The molecule has 0 aromatic heterocycles. The van der Waals surface area contributed by atoms with Gasteiger partial charge in [0.15, 0.2) is 0 Å². The van der Waals surface area contributed by atoms with Crippen molar-refractivity contribution in [3.8, 4) is 0 Å². The molecule has 2 saturated heterocycles. The van der Waals surface area contributed by atoms with Crippen LogP contribution in [-0.4, -0.2) is 54.8 Å². The van der Waals surface area contributed by atoms with Crippen LogP contribution in [0.2, 0.25) is 0 Å². The van der Waals surface area contributed by atoms with E-state index in [0.29, 0.717) is 32.4 Å². The standard InChI is InChI=1S/C17H22N2O4S/c20-16-7-4-8-17(21)19(16)11-12-24(22,23)18-10-9-15(13-18)14-5-2-1-3-6-14/h1-3,5-6,15H,4,7-13H2. The molecule has 1 aromatic rings. The molecule has 3 rings (SSSR count). The Labute approximate surface area is 142 Å². The molecule has 1 aromatic carbocycles. The minimum Gasteiger partial charge on any atom is -0.282 e. The van der Waals surface area contributed by atoms with E-state index in [-0.39, 0.29) is 30.0 Å². The maximum absolute atomic E-state index is 12.5. The molecule has 6 nitrogen and oxygen atoms in total. The van der Waals surface area contributed by atoms with Gasteiger partial charge in [-0.2, -0.15) is 0 Å². The monoisotopic (exact) mass is 350 g/mol. The first-order valence-electron chi connectivity index (χ1n) is 8.33. The van der Waals surface area contributed by atoms with E-state index in [1.165, 1.54) is 4.31 Å². The highest BCUT2D eigenvalue weighted by Crippen LogP contribution is 2.28. The third-order valence-electron chi connectivity index (χ3n) is 4.77. The number of rotatable bonds is 5. The molecular weight excluding hydrogens is 328 g/mol. The van der Waals surface area contributed by atoms with Gasteiger partial charge < -0.3 is 0 Å². The van der Waals surface area contributed by atoms with Gasteiger partial charge >= 0.3 is 0 Å². The number of imide groups is 1. The molecule has 2 aliphatic rings. The highest BCUT2D eigenvalue weighted by atomic mass is 32.2. The fraction of sp³-hybridized carbons (Fsp3) is 0.529. The van der Waals surface area contributed by atoms with Crippen molar-refractivity contribution in [3.63, 3.8) is 0 Å². The van der Waals surface area contributed by atoms with Crippen LogP contribution in [0.5, 0.6) is 0 Å². The van der Waals surface area contributed by atoms with Gasteiger partial charge in [-0.1, -0.05) is 30.3 Å². The van der Waals surface area contributed by atoms with E-state index in [2.05, 4.69) is 0 Å². The van der Waals surface area contributed by atoms with Crippen molar-refractivity contribution >= 4 is 21.8 Å². The molecule has 24 heavy (non-hydrogen) atoms. The van der Waals surface area contributed by atoms with Crippen molar-refractivity contribution in [2.24, 2.45) is 0 Å². The SMILES string of the molecule is O=C1CCCC(=O)N1CCS(=O)(=O)N1CCC(c2ccccc2)C1. The van der Waals surface area contributed by atoms with E-state index in [4.69, 9.17) is 0 Å². The molecule has 0 aliphatic carbocycles. The summed E-state index contributed by atoms with van der Waals surface area (Å²) in [6.45, 7) is 0.921. The smallest absolute Gasteiger partial charge is 0.229 e. The van der Waals surface area contributed by atoms with Crippen molar-refractivity contribution in [2.45, 2.75) is 31.6 Å². The van der Waals surface area contributed by atoms with Crippen molar-refractivity contribution in [2.75, 3.05) is 25.4 Å². The summed E-state index contributed by atoms with van der Waals surface area (Å²) in [7, 11) is -3.46. The number of sulfonamides is 1. The largest absolute Gasteiger partial charge is 0.282 e. The van der Waals surface area contributed by atoms with E-state index in [9.17, 15) is 18.0 Å². The third kappa shape index (κ3) is 3.67. The van der Waals surface area contributed by atoms with Gasteiger partial charge in [0.05, 0.1) is 5.75 Å². The molecule has 2 aliphatic heterocycles. The zero-order valence-electron chi connectivity index (χ0n) is 13.6. The molecule has 0 radical (unpaired) electrons. The summed E-state index contributed by atoms with van der Waals surface area (Å²) in [5.74, 6) is -0.499. The topological polar surface area (TPSA) is 74.8 Å². The number of benzene rings is 1. The highest BCUT2D eigenvalue weighted by molar-refractivity contribution is 7.89. The normalized spacial score (nSPS) is 23.0. The molecule has 0 spiro atoms. The van der Waals surface area contributed by atoms with Crippen LogP contribution in [0, 0.1) is 0 Å². The maximum atomic E-state index is 12.5. The summed E-state index contributed by atoms with van der Waals surface area (Å²) >= 11 is 0. The molecule has 2 fully saturated rings. The summed E-state index contributed by atoms with van der Waals surface area (Å²) in [5, 5.41) is 0. The number of piperidine rings is 1. The Morgan fingerprint density at radius 1 is 1.04 bits per heavy atom. The minimum atomic E-state index is -3.46. The molecule has 2 amide bonds. The summed E-state index contributed by atoms with van der Waals surface area (Å²) in [6.07, 6.45) is 2.01. The molecule has 1 unspecified atom stereocenters. The Bertz CT molecular complexity index is 701. The average molecular weight is 350 g/mol. The third-order valence-corrected chi connectivity index (χ3v) is 6.59. The van der Waals surface area contributed by atoms with Crippen molar-refractivity contribution in [3.05, 3.63) is 35.9 Å². The van der Waals surface area contributed by atoms with Crippen LogP contribution in [0.4, 0.5) is 0 Å². The summed E-state index contributed by atoms with van der Waals surface area (Å²) < 4.78 is 26.6. The minimum absolute atomic E-state index is 0.0352. The quantitative estimate of drug-likeness (QED) is 0.751. The second kappa shape index (κ2) is 7.03. The predicted molar refractivity (Wildman–Crippen MR) is 89.7 cm³/mol. The second-order valence-corrected chi connectivity index (χ2v) is 8.45. The van der Waals surface area contributed by atoms with Crippen molar-refractivity contribution in [1.82, 2.24) is 9.21 Å². The second-order valence-electron chi connectivity index (χ2n) is 6.36. The van der Waals surface area contributed by atoms with Gasteiger partial charge in [-0.25, -0.2) is 12.7 Å². The number of hydrogen-bond acceptors (Lipinski definition) is 4. The summed E-state index contributed by atoms with van der Waals surface area (Å²) in [5.41, 5.74) is 1.15. The van der Waals surface area contributed by atoms with Gasteiger partial charge in [-0.05, 0) is 24.3 Å². The predicted octanol–water partition coefficient (Wildman–Crippen LogP) is 1.34. The van der Waals surface area contributed by atoms with Gasteiger partial charge in [-0.15, -0.1) is 0 Å². The highest BCUT2D eigenvalue weighted by Gasteiger charge is 2.33. The van der Waals surface area contributed by atoms with E-state index >= 15 is 0 Å². The lowest BCUT2D eigenvalue weighted by Gasteiger charge is -2.25. The van der Waals surface area contributed by atoms with Crippen molar-refractivity contribution < 1.29 is 18.0 Å². The Hall–Kier alpha value is -1.73. The first-order valence-corrected chi connectivity index (χ1v) is 9.94. The number of amides is 2. The molecule has 0 N–H and O–H groups in total. The Morgan fingerprint density at radius 3 is 2.38 bits per heavy atom. The number of hydrogen-bond donors (Lipinski definition) is 0. The van der Waals surface area contributed by atoms with Crippen LogP contribution in [0.25, 0.3) is 0 Å². The summed E-state index contributed by atoms with van der Waals surface area (Å²) in [6, 6.07) is 9.90. The number of carbonyl (C=O) groups excluding carboxylic acids is 2. The Balaban J connectivity index is 1.60. The zero-order chi connectivity index (χ0) is 17.2. The Kier molecular flexibility index (Phi) is 5.01. The van der Waals surface area contributed by atoms with Gasteiger partial charge in [0.1, 0.15) is 0 Å². The molecule has 0 saturated carbocycles. The van der Waals surface area contributed by atoms with Crippen LogP contribution in [0.15, 0.2) is 30.3 Å². The van der Waals surface area contributed by atoms with Gasteiger partial charge in [0, 0.05) is 32.5 Å². The Morgan fingerprint density at radius 2 is 1.71 bits per heavy atom. The van der Waals surface area contributed by atoms with Crippen LogP contribution >= 0.6 is 0 Å².